The van der Waals surface area contributed by atoms with Crippen molar-refractivity contribution in [3.63, 3.8) is 0 Å². The van der Waals surface area contributed by atoms with E-state index in [1.807, 2.05) is 0 Å². The van der Waals surface area contributed by atoms with Gasteiger partial charge in [0, 0.05) is 29.9 Å². The van der Waals surface area contributed by atoms with Gasteiger partial charge in [0.05, 0.1) is 4.99 Å². The van der Waals surface area contributed by atoms with E-state index in [4.69, 9.17) is 18.0 Å². The van der Waals surface area contributed by atoms with E-state index in [-0.39, 0.29) is 5.92 Å². The first kappa shape index (κ1) is 13.6. The molecule has 0 aliphatic rings. The van der Waals surface area contributed by atoms with E-state index in [1.54, 1.807) is 11.3 Å². The Labute approximate surface area is 107 Å². The van der Waals surface area contributed by atoms with Crippen LogP contribution in [0.2, 0.25) is 0 Å². The Morgan fingerprint density at radius 1 is 1.50 bits per heavy atom. The lowest BCUT2D eigenvalue weighted by Crippen LogP contribution is -2.37. The second kappa shape index (κ2) is 6.33. The molecule has 0 amide bonds. The van der Waals surface area contributed by atoms with Crippen LogP contribution in [0.25, 0.3) is 0 Å². The van der Waals surface area contributed by atoms with Crippen molar-refractivity contribution >= 4 is 28.5 Å². The zero-order chi connectivity index (χ0) is 12.1. The number of rotatable bonds is 6. The maximum Gasteiger partial charge on any atom is 0.0768 e. The van der Waals surface area contributed by atoms with Gasteiger partial charge in [-0.3, -0.25) is 4.90 Å². The molecule has 1 rings (SSSR count). The van der Waals surface area contributed by atoms with Crippen molar-refractivity contribution < 1.29 is 0 Å². The summed E-state index contributed by atoms with van der Waals surface area (Å²) in [5.41, 5.74) is 5.67. The Hall–Kier alpha value is -0.450. The summed E-state index contributed by atoms with van der Waals surface area (Å²) < 4.78 is 0. The third-order valence-corrected chi connectivity index (χ3v) is 3.93. The number of thiophene rings is 1. The number of thiocarbonyl (C=S) groups is 1. The van der Waals surface area contributed by atoms with Gasteiger partial charge in [-0.2, -0.15) is 0 Å². The number of nitrogens with two attached hydrogens (primary N) is 1. The summed E-state index contributed by atoms with van der Waals surface area (Å²) in [5, 5.41) is 2.12. The van der Waals surface area contributed by atoms with E-state index in [1.165, 1.54) is 4.88 Å². The van der Waals surface area contributed by atoms with Crippen LogP contribution in [-0.2, 0) is 6.54 Å². The molecule has 1 aromatic rings. The van der Waals surface area contributed by atoms with Crippen LogP contribution < -0.4 is 5.73 Å². The highest BCUT2D eigenvalue weighted by Gasteiger charge is 2.15. The molecular formula is C12H20N2S2. The van der Waals surface area contributed by atoms with Crippen LogP contribution >= 0.6 is 23.6 Å². The van der Waals surface area contributed by atoms with E-state index in [0.29, 0.717) is 11.0 Å². The zero-order valence-electron chi connectivity index (χ0n) is 10.1. The van der Waals surface area contributed by atoms with E-state index in [9.17, 15) is 0 Å². The second-order valence-electron chi connectivity index (χ2n) is 4.41. The van der Waals surface area contributed by atoms with E-state index in [0.717, 1.165) is 13.1 Å². The molecular weight excluding hydrogens is 236 g/mol. The van der Waals surface area contributed by atoms with Gasteiger partial charge in [0.1, 0.15) is 0 Å². The highest BCUT2D eigenvalue weighted by atomic mass is 32.1. The van der Waals surface area contributed by atoms with Crippen molar-refractivity contribution in [3.05, 3.63) is 22.4 Å². The Morgan fingerprint density at radius 3 is 2.62 bits per heavy atom. The zero-order valence-corrected chi connectivity index (χ0v) is 11.8. The molecule has 16 heavy (non-hydrogen) atoms. The first-order valence-corrected chi connectivity index (χ1v) is 6.85. The van der Waals surface area contributed by atoms with Crippen molar-refractivity contribution in [3.8, 4) is 0 Å². The average molecular weight is 256 g/mol. The molecule has 90 valence electrons. The summed E-state index contributed by atoms with van der Waals surface area (Å²) in [6.45, 7) is 8.43. The number of hydrogen-bond donors (Lipinski definition) is 1. The van der Waals surface area contributed by atoms with Gasteiger partial charge in [-0.25, -0.2) is 0 Å². The minimum atomic E-state index is 0.275. The maximum absolute atomic E-state index is 5.67. The molecule has 1 unspecified atom stereocenters. The van der Waals surface area contributed by atoms with Crippen LogP contribution in [0.5, 0.6) is 0 Å². The fourth-order valence-corrected chi connectivity index (χ4v) is 2.31. The van der Waals surface area contributed by atoms with Gasteiger partial charge < -0.3 is 5.73 Å². The topological polar surface area (TPSA) is 29.3 Å². The number of hydrogen-bond acceptors (Lipinski definition) is 3. The van der Waals surface area contributed by atoms with Crippen molar-refractivity contribution in [1.29, 1.82) is 0 Å². The number of nitrogens with zero attached hydrogens (tertiary/aromatic N) is 1. The Balaban J connectivity index is 2.58. The van der Waals surface area contributed by atoms with Crippen LogP contribution in [0.1, 0.15) is 25.6 Å². The lowest BCUT2D eigenvalue weighted by atomic mass is 10.1. The molecule has 0 aliphatic heterocycles. The molecule has 1 aromatic heterocycles. The third-order valence-electron chi connectivity index (χ3n) is 2.66. The molecule has 2 nitrogen and oxygen atoms in total. The quantitative estimate of drug-likeness (QED) is 0.794. The molecule has 0 saturated heterocycles. The van der Waals surface area contributed by atoms with Gasteiger partial charge >= 0.3 is 0 Å². The van der Waals surface area contributed by atoms with Gasteiger partial charge in [-0.05, 0) is 25.3 Å². The van der Waals surface area contributed by atoms with Crippen LogP contribution in [0, 0.1) is 5.92 Å². The van der Waals surface area contributed by atoms with Crippen LogP contribution in [0.15, 0.2) is 17.5 Å². The SMILES string of the molecule is CC(CN(Cc1cccs1)C(C)C)C(N)=S. The van der Waals surface area contributed by atoms with E-state index < -0.39 is 0 Å². The Morgan fingerprint density at radius 2 is 2.19 bits per heavy atom. The molecule has 1 atom stereocenters. The normalized spacial score (nSPS) is 13.3. The summed E-state index contributed by atoms with van der Waals surface area (Å²) in [6, 6.07) is 4.78. The molecule has 0 aliphatic carbocycles. The van der Waals surface area contributed by atoms with Crippen LogP contribution in [0.4, 0.5) is 0 Å². The van der Waals surface area contributed by atoms with E-state index >= 15 is 0 Å². The Kier molecular flexibility index (Phi) is 5.38. The van der Waals surface area contributed by atoms with Gasteiger partial charge in [-0.15, -0.1) is 11.3 Å². The van der Waals surface area contributed by atoms with Crippen LogP contribution in [0.3, 0.4) is 0 Å². The molecule has 0 aromatic carbocycles. The molecule has 0 saturated carbocycles. The van der Waals surface area contributed by atoms with Gasteiger partial charge in [0.2, 0.25) is 0 Å². The first-order valence-electron chi connectivity index (χ1n) is 5.56. The predicted octanol–water partition coefficient (Wildman–Crippen LogP) is 2.88. The summed E-state index contributed by atoms with van der Waals surface area (Å²) in [4.78, 5) is 4.41. The smallest absolute Gasteiger partial charge is 0.0768 e. The average Bonchev–Trinajstić information content (AvgIpc) is 2.68. The molecule has 0 spiro atoms. The van der Waals surface area contributed by atoms with Gasteiger partial charge in [-0.1, -0.05) is 25.2 Å². The van der Waals surface area contributed by atoms with Crippen molar-refractivity contribution in [1.82, 2.24) is 4.90 Å². The van der Waals surface area contributed by atoms with Gasteiger partial charge in [0.15, 0.2) is 0 Å². The van der Waals surface area contributed by atoms with Crippen molar-refractivity contribution in [2.45, 2.75) is 33.4 Å². The van der Waals surface area contributed by atoms with Gasteiger partial charge in [0.25, 0.3) is 0 Å². The highest BCUT2D eigenvalue weighted by Crippen LogP contribution is 2.15. The molecule has 0 fully saturated rings. The first-order chi connectivity index (χ1) is 7.50. The fraction of sp³-hybridized carbons (Fsp3) is 0.583. The van der Waals surface area contributed by atoms with Crippen molar-refractivity contribution in [2.24, 2.45) is 11.7 Å². The molecule has 0 radical (unpaired) electrons. The standard InChI is InChI=1S/C12H20N2S2/c1-9(2)14(7-10(3)12(13)15)8-11-5-4-6-16-11/h4-6,9-10H,7-8H2,1-3H3,(H2,13,15). The molecule has 2 N–H and O–H groups in total. The second-order valence-corrected chi connectivity index (χ2v) is 5.91. The molecule has 4 heteroatoms. The summed E-state index contributed by atoms with van der Waals surface area (Å²) in [6.07, 6.45) is 0. The summed E-state index contributed by atoms with van der Waals surface area (Å²) in [5.74, 6) is 0.275. The molecule has 1 heterocycles. The lowest BCUT2D eigenvalue weighted by Gasteiger charge is -2.28. The minimum Gasteiger partial charge on any atom is -0.393 e. The maximum atomic E-state index is 5.67. The highest BCUT2D eigenvalue weighted by molar-refractivity contribution is 7.80. The Bertz CT molecular complexity index is 320. The largest absolute Gasteiger partial charge is 0.393 e. The predicted molar refractivity (Wildman–Crippen MR) is 75.8 cm³/mol. The van der Waals surface area contributed by atoms with Crippen molar-refractivity contribution in [2.75, 3.05) is 6.54 Å². The third kappa shape index (κ3) is 4.20. The fourth-order valence-electron chi connectivity index (χ4n) is 1.50. The van der Waals surface area contributed by atoms with E-state index in [2.05, 4.69) is 43.2 Å². The van der Waals surface area contributed by atoms with Crippen LogP contribution in [-0.4, -0.2) is 22.5 Å². The minimum absolute atomic E-state index is 0.275. The lowest BCUT2D eigenvalue weighted by molar-refractivity contribution is 0.202. The monoisotopic (exact) mass is 256 g/mol. The summed E-state index contributed by atoms with van der Waals surface area (Å²) >= 11 is 6.82. The summed E-state index contributed by atoms with van der Waals surface area (Å²) in [7, 11) is 0. The molecule has 0 bridgehead atoms.